The van der Waals surface area contributed by atoms with Crippen molar-refractivity contribution in [3.8, 4) is 6.07 Å². The van der Waals surface area contributed by atoms with Crippen molar-refractivity contribution in [3.63, 3.8) is 0 Å². The first kappa shape index (κ1) is 14.3. The Balaban J connectivity index is 2.65. The second kappa shape index (κ2) is 5.23. The van der Waals surface area contributed by atoms with Crippen LogP contribution in [-0.4, -0.2) is 42.8 Å². The van der Waals surface area contributed by atoms with E-state index < -0.39 is 18.3 Å². The van der Waals surface area contributed by atoms with Gasteiger partial charge in [-0.25, -0.2) is 0 Å². The van der Waals surface area contributed by atoms with E-state index in [-0.39, 0.29) is 6.04 Å². The fourth-order valence-corrected chi connectivity index (χ4v) is 2.44. The van der Waals surface area contributed by atoms with E-state index >= 15 is 0 Å². The zero-order valence-electron chi connectivity index (χ0n) is 10.1. The van der Waals surface area contributed by atoms with Crippen LogP contribution >= 0.6 is 0 Å². The molecule has 0 heterocycles. The van der Waals surface area contributed by atoms with Crippen molar-refractivity contribution >= 4 is 0 Å². The second-order valence-electron chi connectivity index (χ2n) is 4.52. The number of hydrogen-bond acceptors (Lipinski definition) is 3. The van der Waals surface area contributed by atoms with Crippen LogP contribution in [0.4, 0.5) is 13.2 Å². The first-order valence-corrected chi connectivity index (χ1v) is 5.77. The van der Waals surface area contributed by atoms with E-state index in [2.05, 4.69) is 11.4 Å². The van der Waals surface area contributed by atoms with Crippen LogP contribution in [0.25, 0.3) is 0 Å². The number of halogens is 3. The average molecular weight is 249 g/mol. The van der Waals surface area contributed by atoms with Crippen LogP contribution in [0.3, 0.4) is 0 Å². The molecule has 0 bridgehead atoms. The molecule has 98 valence electrons. The Morgan fingerprint density at radius 2 is 2.18 bits per heavy atom. The van der Waals surface area contributed by atoms with E-state index in [1.807, 2.05) is 0 Å². The smallest absolute Gasteiger partial charge is 0.302 e. The molecular formula is C11H18F3N3. The maximum Gasteiger partial charge on any atom is 0.401 e. The van der Waals surface area contributed by atoms with E-state index in [9.17, 15) is 13.2 Å². The van der Waals surface area contributed by atoms with Crippen LogP contribution in [0.2, 0.25) is 0 Å². The van der Waals surface area contributed by atoms with Gasteiger partial charge in [-0.3, -0.25) is 4.90 Å². The Hall–Kier alpha value is -0.800. The summed E-state index contributed by atoms with van der Waals surface area (Å²) in [5, 5.41) is 12.0. The molecule has 0 aliphatic heterocycles. The summed E-state index contributed by atoms with van der Waals surface area (Å²) in [4.78, 5) is 1.41. The maximum atomic E-state index is 12.4. The lowest BCUT2D eigenvalue weighted by atomic mass is 10.00. The van der Waals surface area contributed by atoms with Crippen LogP contribution in [0.1, 0.15) is 26.2 Å². The molecule has 0 spiro atoms. The Morgan fingerprint density at radius 3 is 2.53 bits per heavy atom. The van der Waals surface area contributed by atoms with Crippen molar-refractivity contribution in [1.29, 1.82) is 5.26 Å². The Kier molecular flexibility index (Phi) is 4.39. The van der Waals surface area contributed by atoms with Crippen molar-refractivity contribution in [3.05, 3.63) is 0 Å². The Bertz CT molecular complexity index is 297. The lowest BCUT2D eigenvalue weighted by Crippen LogP contribution is -2.44. The van der Waals surface area contributed by atoms with Crippen molar-refractivity contribution in [2.45, 2.75) is 43.9 Å². The number of nitrogens with one attached hydrogen (secondary N) is 1. The summed E-state index contributed by atoms with van der Waals surface area (Å²) in [5.41, 5.74) is -0.649. The summed E-state index contributed by atoms with van der Waals surface area (Å²) < 4.78 is 37.1. The molecule has 1 fully saturated rings. The zero-order valence-corrected chi connectivity index (χ0v) is 10.1. The summed E-state index contributed by atoms with van der Waals surface area (Å²) in [6.07, 6.45) is -2.46. The van der Waals surface area contributed by atoms with Gasteiger partial charge in [0.25, 0.3) is 0 Å². The number of hydrogen-bond donors (Lipinski definition) is 1. The Labute approximate surface area is 99.6 Å². The number of nitriles is 1. The molecule has 0 aromatic rings. The molecule has 1 aliphatic carbocycles. The third-order valence-corrected chi connectivity index (χ3v) is 3.49. The van der Waals surface area contributed by atoms with Crippen LogP contribution < -0.4 is 5.32 Å². The fourth-order valence-electron chi connectivity index (χ4n) is 2.44. The van der Waals surface area contributed by atoms with Crippen molar-refractivity contribution < 1.29 is 13.2 Å². The van der Waals surface area contributed by atoms with Crippen LogP contribution in [0, 0.1) is 11.3 Å². The van der Waals surface area contributed by atoms with Gasteiger partial charge in [-0.1, -0.05) is 6.92 Å². The highest BCUT2D eigenvalue weighted by molar-refractivity contribution is 5.12. The van der Waals surface area contributed by atoms with Gasteiger partial charge in [-0.05, 0) is 32.9 Å². The minimum atomic E-state index is -4.17. The van der Waals surface area contributed by atoms with Crippen LogP contribution in [0.5, 0.6) is 0 Å². The molecule has 6 heteroatoms. The molecular weight excluding hydrogens is 231 g/mol. The molecule has 2 atom stereocenters. The van der Waals surface area contributed by atoms with E-state index in [1.54, 1.807) is 14.0 Å². The topological polar surface area (TPSA) is 39.1 Å². The van der Waals surface area contributed by atoms with Gasteiger partial charge < -0.3 is 5.32 Å². The van der Waals surface area contributed by atoms with Gasteiger partial charge in [0.15, 0.2) is 0 Å². The normalized spacial score (nSPS) is 29.6. The largest absolute Gasteiger partial charge is 0.401 e. The lowest BCUT2D eigenvalue weighted by Gasteiger charge is -2.29. The number of rotatable bonds is 4. The van der Waals surface area contributed by atoms with Crippen molar-refractivity contribution in [1.82, 2.24) is 10.2 Å². The molecule has 1 rings (SSSR count). The van der Waals surface area contributed by atoms with E-state index in [0.717, 1.165) is 0 Å². The third kappa shape index (κ3) is 3.58. The van der Waals surface area contributed by atoms with Crippen molar-refractivity contribution in [2.24, 2.45) is 0 Å². The molecule has 3 nitrogen and oxygen atoms in total. The monoisotopic (exact) mass is 249 g/mol. The average Bonchev–Trinajstić information content (AvgIpc) is 2.69. The molecule has 1 aliphatic rings. The predicted molar refractivity (Wildman–Crippen MR) is 58.3 cm³/mol. The van der Waals surface area contributed by atoms with Crippen molar-refractivity contribution in [2.75, 3.05) is 20.1 Å². The SMILES string of the molecule is CCN(CC(F)(F)F)C1CCC(C#N)(NC)C1. The van der Waals surface area contributed by atoms with Gasteiger partial charge in [0.2, 0.25) is 0 Å². The van der Waals surface area contributed by atoms with Crippen LogP contribution in [-0.2, 0) is 0 Å². The zero-order chi connectivity index (χ0) is 13.1. The second-order valence-corrected chi connectivity index (χ2v) is 4.52. The lowest BCUT2D eigenvalue weighted by molar-refractivity contribution is -0.150. The molecule has 0 radical (unpaired) electrons. The summed E-state index contributed by atoms with van der Waals surface area (Å²) >= 11 is 0. The van der Waals surface area contributed by atoms with E-state index in [4.69, 9.17) is 5.26 Å². The molecule has 0 saturated heterocycles. The quantitative estimate of drug-likeness (QED) is 0.827. The van der Waals surface area contributed by atoms with E-state index in [0.29, 0.717) is 25.8 Å². The Morgan fingerprint density at radius 1 is 1.53 bits per heavy atom. The molecule has 0 amide bonds. The molecule has 0 aromatic carbocycles. The van der Waals surface area contributed by atoms with Gasteiger partial charge in [-0.15, -0.1) is 0 Å². The predicted octanol–water partition coefficient (Wildman–Crippen LogP) is 1.90. The molecule has 1 saturated carbocycles. The highest BCUT2D eigenvalue weighted by Gasteiger charge is 2.42. The van der Waals surface area contributed by atoms with Crippen LogP contribution in [0.15, 0.2) is 0 Å². The highest BCUT2D eigenvalue weighted by atomic mass is 19.4. The maximum absolute atomic E-state index is 12.4. The summed E-state index contributed by atoms with van der Waals surface area (Å²) in [6.45, 7) is 1.19. The molecule has 1 N–H and O–H groups in total. The minimum Gasteiger partial charge on any atom is -0.302 e. The minimum absolute atomic E-state index is 0.159. The molecule has 2 unspecified atom stereocenters. The van der Waals surface area contributed by atoms with Gasteiger partial charge in [0.1, 0.15) is 5.54 Å². The molecule has 17 heavy (non-hydrogen) atoms. The summed E-state index contributed by atoms with van der Waals surface area (Å²) in [7, 11) is 1.69. The van der Waals surface area contributed by atoms with E-state index in [1.165, 1.54) is 4.90 Å². The highest BCUT2D eigenvalue weighted by Crippen LogP contribution is 2.33. The summed E-state index contributed by atoms with van der Waals surface area (Å²) in [5.74, 6) is 0. The number of nitrogens with zero attached hydrogens (tertiary/aromatic N) is 2. The summed E-state index contributed by atoms with van der Waals surface area (Å²) in [6, 6.07) is 2.02. The third-order valence-electron chi connectivity index (χ3n) is 3.49. The van der Waals surface area contributed by atoms with Gasteiger partial charge in [0, 0.05) is 6.04 Å². The van der Waals surface area contributed by atoms with Gasteiger partial charge in [-0.2, -0.15) is 18.4 Å². The van der Waals surface area contributed by atoms with Gasteiger partial charge in [0.05, 0.1) is 12.6 Å². The fraction of sp³-hybridized carbons (Fsp3) is 0.909. The first-order valence-electron chi connectivity index (χ1n) is 5.77. The molecule has 0 aromatic heterocycles. The number of alkyl halides is 3. The first-order chi connectivity index (χ1) is 7.86. The standard InChI is InChI=1S/C11H18F3N3/c1-3-17(8-11(12,13)14)9-4-5-10(6-9,7-15)16-2/h9,16H,3-6,8H2,1-2H3. The van der Waals surface area contributed by atoms with Gasteiger partial charge >= 0.3 is 6.18 Å².